The highest BCUT2D eigenvalue weighted by molar-refractivity contribution is 6.06. The van der Waals surface area contributed by atoms with E-state index in [0.29, 0.717) is 5.56 Å². The van der Waals surface area contributed by atoms with Crippen molar-refractivity contribution in [3.05, 3.63) is 102 Å². The number of aromatic amines is 1. The smallest absolute Gasteiger partial charge is 0.306 e. The van der Waals surface area contributed by atoms with Gasteiger partial charge in [-0.25, -0.2) is 4.98 Å². The van der Waals surface area contributed by atoms with Gasteiger partial charge in [-0.05, 0) is 35.1 Å². The van der Waals surface area contributed by atoms with Crippen molar-refractivity contribution in [2.24, 2.45) is 5.92 Å². The molecule has 5 rings (SSSR count). The van der Waals surface area contributed by atoms with Gasteiger partial charge in [0.05, 0.1) is 13.0 Å². The zero-order valence-electron chi connectivity index (χ0n) is 27.7. The van der Waals surface area contributed by atoms with Crippen LogP contribution in [0.3, 0.4) is 0 Å². The van der Waals surface area contributed by atoms with Gasteiger partial charge in [0.1, 0.15) is 30.6 Å². The van der Waals surface area contributed by atoms with Crippen molar-refractivity contribution in [3.8, 4) is 0 Å². The van der Waals surface area contributed by atoms with Gasteiger partial charge in [-0.3, -0.25) is 28.9 Å². The maximum atomic E-state index is 14.5. The average Bonchev–Trinajstić information content (AvgIpc) is 3.79. The summed E-state index contributed by atoms with van der Waals surface area (Å²) in [5.41, 5.74) is 2.22. The van der Waals surface area contributed by atoms with Gasteiger partial charge >= 0.3 is 5.97 Å². The summed E-state index contributed by atoms with van der Waals surface area (Å²) >= 11 is 0. The highest BCUT2D eigenvalue weighted by Gasteiger charge is 2.42. The molecule has 260 valence electrons. The van der Waals surface area contributed by atoms with E-state index in [1.807, 2.05) is 60.7 Å². The van der Waals surface area contributed by atoms with E-state index in [-0.39, 0.29) is 62.3 Å². The number of carbonyl (C=O) groups is 5. The number of H-pyrrole nitrogens is 1. The summed E-state index contributed by atoms with van der Waals surface area (Å²) in [6.45, 7) is 3.55. The van der Waals surface area contributed by atoms with E-state index in [0.717, 1.165) is 11.1 Å². The third kappa shape index (κ3) is 9.33. The van der Waals surface area contributed by atoms with Crippen LogP contribution in [0, 0.1) is 5.92 Å². The number of benzene rings is 2. The number of esters is 1. The summed E-state index contributed by atoms with van der Waals surface area (Å²) in [7, 11) is 0. The zero-order chi connectivity index (χ0) is 35.5. The monoisotopic (exact) mass is 681 g/mol. The predicted octanol–water partition coefficient (Wildman–Crippen LogP) is 1.56. The van der Waals surface area contributed by atoms with Crippen LogP contribution in [0.15, 0.2) is 79.0 Å². The lowest BCUT2D eigenvalue weighted by molar-refractivity contribution is -0.145. The fourth-order valence-corrected chi connectivity index (χ4v) is 5.56. The number of hydrogen-bond acceptors (Lipinski definition) is 10. The summed E-state index contributed by atoms with van der Waals surface area (Å²) in [6.07, 6.45) is 1.37. The van der Waals surface area contributed by atoms with E-state index in [9.17, 15) is 24.0 Å². The van der Waals surface area contributed by atoms with Gasteiger partial charge in [0.2, 0.25) is 17.7 Å². The van der Waals surface area contributed by atoms with Crippen molar-refractivity contribution < 1.29 is 28.7 Å². The van der Waals surface area contributed by atoms with Crippen LogP contribution in [0.2, 0.25) is 0 Å². The molecule has 4 amide bonds. The zero-order valence-corrected chi connectivity index (χ0v) is 27.7. The molecule has 0 bridgehead atoms. The molecular formula is C35H39N9O6. The standard InChI is InChI=1S/C35H39N9O6/c1-22(2)31(39-29(45)18-23-10-5-3-6-11-23)34(48)38-26(15-16-30(46)50-21-24-12-7-4-8-13-24)35(49)44-27(19-25-14-9-17-36-32(25)44)33(47)37-20-28-40-42-43-41-28/h3-14,17,22,26-27,31H,15-16,18-21H2,1-2H3,(H,37,47)(H,38,48)(H,39,45)(H,40,41,42,43)/t26-,27-,31-/m0/s1. The van der Waals surface area contributed by atoms with Crippen LogP contribution in [0.4, 0.5) is 5.82 Å². The number of nitrogens with one attached hydrogen (secondary N) is 4. The molecule has 0 saturated carbocycles. The number of amides is 4. The molecule has 2 aromatic carbocycles. The minimum absolute atomic E-state index is 0.0379. The minimum Gasteiger partial charge on any atom is -0.461 e. The van der Waals surface area contributed by atoms with Gasteiger partial charge in [-0.2, -0.15) is 5.21 Å². The van der Waals surface area contributed by atoms with Crippen molar-refractivity contribution >= 4 is 35.4 Å². The largest absolute Gasteiger partial charge is 0.461 e. The van der Waals surface area contributed by atoms with Crippen molar-refractivity contribution in [2.75, 3.05) is 4.90 Å². The Bertz CT molecular complexity index is 1770. The van der Waals surface area contributed by atoms with Crippen LogP contribution in [0.5, 0.6) is 0 Å². The van der Waals surface area contributed by atoms with E-state index in [4.69, 9.17) is 4.74 Å². The lowest BCUT2D eigenvalue weighted by Gasteiger charge is -2.30. The predicted molar refractivity (Wildman–Crippen MR) is 180 cm³/mol. The SMILES string of the molecule is CC(C)[C@H](NC(=O)Cc1ccccc1)C(=O)N[C@@H](CCC(=O)OCc1ccccc1)C(=O)N1c2ncccc2C[C@H]1C(=O)NCc1nn[nH]n1. The van der Waals surface area contributed by atoms with Gasteiger partial charge in [0.15, 0.2) is 5.82 Å². The molecule has 0 saturated heterocycles. The number of ether oxygens (including phenoxy) is 1. The molecule has 0 aliphatic carbocycles. The molecule has 4 aromatic rings. The Labute approximate surface area is 288 Å². The molecule has 0 spiro atoms. The maximum Gasteiger partial charge on any atom is 0.306 e. The Hall–Kier alpha value is -5.99. The first kappa shape index (κ1) is 35.3. The molecule has 1 aliphatic heterocycles. The van der Waals surface area contributed by atoms with E-state index in [1.54, 1.807) is 26.0 Å². The van der Waals surface area contributed by atoms with Crippen molar-refractivity contribution in [1.82, 2.24) is 41.6 Å². The molecule has 2 aromatic heterocycles. The van der Waals surface area contributed by atoms with Gasteiger partial charge < -0.3 is 20.7 Å². The van der Waals surface area contributed by atoms with Crippen LogP contribution >= 0.6 is 0 Å². The Morgan fingerprint density at radius 1 is 0.940 bits per heavy atom. The summed E-state index contributed by atoms with van der Waals surface area (Å²) in [5, 5.41) is 21.8. The van der Waals surface area contributed by atoms with Crippen molar-refractivity contribution in [2.45, 2.75) is 70.8 Å². The quantitative estimate of drug-likeness (QED) is 0.133. The van der Waals surface area contributed by atoms with Crippen LogP contribution in [0.1, 0.15) is 49.2 Å². The first-order valence-corrected chi connectivity index (χ1v) is 16.3. The highest BCUT2D eigenvalue weighted by atomic mass is 16.5. The molecule has 15 nitrogen and oxygen atoms in total. The number of pyridine rings is 1. The van der Waals surface area contributed by atoms with Crippen LogP contribution in [0.25, 0.3) is 0 Å². The lowest BCUT2D eigenvalue weighted by Crippen LogP contribution is -2.58. The average molecular weight is 682 g/mol. The van der Waals surface area contributed by atoms with Crippen LogP contribution in [-0.4, -0.2) is 73.3 Å². The molecule has 0 unspecified atom stereocenters. The molecule has 0 radical (unpaired) electrons. The summed E-state index contributed by atoms with van der Waals surface area (Å²) < 4.78 is 5.44. The molecule has 0 fully saturated rings. The number of tetrazole rings is 1. The van der Waals surface area contributed by atoms with Gasteiger partial charge in [0.25, 0.3) is 5.91 Å². The van der Waals surface area contributed by atoms with Crippen molar-refractivity contribution in [3.63, 3.8) is 0 Å². The van der Waals surface area contributed by atoms with Crippen LogP contribution < -0.4 is 20.9 Å². The van der Waals surface area contributed by atoms with E-state index in [2.05, 4.69) is 41.6 Å². The number of anilines is 1. The summed E-state index contributed by atoms with van der Waals surface area (Å²) in [6, 6.07) is 18.4. The third-order valence-corrected chi connectivity index (χ3v) is 8.14. The van der Waals surface area contributed by atoms with Gasteiger partial charge in [0, 0.05) is 19.0 Å². The van der Waals surface area contributed by atoms with Crippen molar-refractivity contribution in [1.29, 1.82) is 0 Å². The number of rotatable bonds is 15. The Morgan fingerprint density at radius 3 is 2.34 bits per heavy atom. The fourth-order valence-electron chi connectivity index (χ4n) is 5.56. The number of nitrogens with zero attached hydrogens (tertiary/aromatic N) is 5. The molecular weight excluding hydrogens is 642 g/mol. The number of aromatic nitrogens is 5. The summed E-state index contributed by atoms with van der Waals surface area (Å²) in [4.78, 5) is 73.2. The normalized spacial score (nSPS) is 14.7. The molecule has 4 N–H and O–H groups in total. The summed E-state index contributed by atoms with van der Waals surface area (Å²) in [5.74, 6) is -2.54. The molecule has 50 heavy (non-hydrogen) atoms. The Kier molecular flexibility index (Phi) is 11.9. The lowest BCUT2D eigenvalue weighted by atomic mass is 10.0. The molecule has 15 heteroatoms. The first-order chi connectivity index (χ1) is 24.2. The Balaban J connectivity index is 1.35. The minimum atomic E-state index is -1.28. The second kappa shape index (κ2) is 16.9. The second-order valence-corrected chi connectivity index (χ2v) is 12.2. The van der Waals surface area contributed by atoms with E-state index in [1.165, 1.54) is 11.1 Å². The topological polar surface area (TPSA) is 201 Å². The number of hydrogen-bond donors (Lipinski definition) is 4. The number of fused-ring (bicyclic) bond motifs is 1. The number of carbonyl (C=O) groups excluding carboxylic acids is 5. The van der Waals surface area contributed by atoms with E-state index < -0.39 is 41.8 Å². The molecule has 3 heterocycles. The maximum absolute atomic E-state index is 14.5. The third-order valence-electron chi connectivity index (χ3n) is 8.14. The van der Waals surface area contributed by atoms with E-state index >= 15 is 0 Å². The Morgan fingerprint density at radius 2 is 1.66 bits per heavy atom. The van der Waals surface area contributed by atoms with Gasteiger partial charge in [-0.15, -0.1) is 10.2 Å². The second-order valence-electron chi connectivity index (χ2n) is 12.2. The molecule has 3 atom stereocenters. The van der Waals surface area contributed by atoms with Crippen LogP contribution in [-0.2, 0) is 54.7 Å². The first-order valence-electron chi connectivity index (χ1n) is 16.3. The highest BCUT2D eigenvalue weighted by Crippen LogP contribution is 2.31. The fraction of sp³-hybridized carbons (Fsp3) is 0.343. The molecule has 1 aliphatic rings. The van der Waals surface area contributed by atoms with Gasteiger partial charge in [-0.1, -0.05) is 85.8 Å².